The van der Waals surface area contributed by atoms with E-state index in [4.69, 9.17) is 16.0 Å². The monoisotopic (exact) mass is 313 g/mol. The second-order valence-corrected chi connectivity index (χ2v) is 4.73. The van der Waals surface area contributed by atoms with Crippen LogP contribution in [0.4, 0.5) is 0 Å². The van der Waals surface area contributed by atoms with E-state index >= 15 is 0 Å². The zero-order valence-electron chi connectivity index (χ0n) is 8.74. The minimum Gasteiger partial charge on any atom is -0.472 e. The van der Waals surface area contributed by atoms with Crippen molar-refractivity contribution in [3.63, 3.8) is 0 Å². The van der Waals surface area contributed by atoms with Gasteiger partial charge in [0.25, 0.3) is 5.91 Å². The summed E-state index contributed by atoms with van der Waals surface area (Å²) in [6.07, 6.45) is 3.16. The van der Waals surface area contributed by atoms with Crippen molar-refractivity contribution in [1.29, 1.82) is 0 Å². The average molecular weight is 315 g/mol. The Hall–Kier alpha value is -1.26. The zero-order chi connectivity index (χ0) is 12.3. The molecule has 3 nitrogen and oxygen atoms in total. The summed E-state index contributed by atoms with van der Waals surface area (Å²) in [5.74, 6) is -0.158. The van der Waals surface area contributed by atoms with Gasteiger partial charge in [0.15, 0.2) is 0 Å². The summed E-state index contributed by atoms with van der Waals surface area (Å²) in [6, 6.07) is 6.85. The highest BCUT2D eigenvalue weighted by atomic mass is 79.9. The lowest BCUT2D eigenvalue weighted by Crippen LogP contribution is -2.22. The molecular weight excluding hydrogens is 305 g/mol. The van der Waals surface area contributed by atoms with Crippen LogP contribution in [-0.4, -0.2) is 5.91 Å². The molecule has 0 aliphatic carbocycles. The van der Waals surface area contributed by atoms with Crippen LogP contribution in [0.5, 0.6) is 0 Å². The summed E-state index contributed by atoms with van der Waals surface area (Å²) in [7, 11) is 0. The maximum absolute atomic E-state index is 11.9. The number of amides is 1. The first-order valence-corrected chi connectivity index (χ1v) is 6.08. The molecule has 0 fully saturated rings. The second kappa shape index (κ2) is 5.38. The zero-order valence-corrected chi connectivity index (χ0v) is 11.1. The van der Waals surface area contributed by atoms with Crippen molar-refractivity contribution in [3.05, 3.63) is 57.4 Å². The Bertz CT molecular complexity index is 525. The fourth-order valence-corrected chi connectivity index (χ4v) is 2.21. The van der Waals surface area contributed by atoms with Gasteiger partial charge in [0, 0.05) is 21.6 Å². The summed E-state index contributed by atoms with van der Waals surface area (Å²) < 4.78 is 5.59. The van der Waals surface area contributed by atoms with Gasteiger partial charge in [-0.25, -0.2) is 0 Å². The minimum absolute atomic E-state index is 0.158. The lowest BCUT2D eigenvalue weighted by Gasteiger charge is -2.05. The van der Waals surface area contributed by atoms with Crippen LogP contribution < -0.4 is 5.32 Å². The van der Waals surface area contributed by atoms with Gasteiger partial charge < -0.3 is 9.73 Å². The molecule has 0 radical (unpaired) electrons. The van der Waals surface area contributed by atoms with Gasteiger partial charge in [-0.05, 0) is 40.2 Å². The van der Waals surface area contributed by atoms with Crippen LogP contribution in [0.15, 0.2) is 45.7 Å². The molecule has 17 heavy (non-hydrogen) atoms. The molecule has 2 rings (SSSR count). The maximum atomic E-state index is 11.9. The first-order chi connectivity index (χ1) is 8.16. The molecule has 1 aromatic carbocycles. The Balaban J connectivity index is 2.04. The Morgan fingerprint density at radius 3 is 2.88 bits per heavy atom. The standard InChI is InChI=1S/C12H9BrClNO2/c13-11-5-9(14)1-2-10(11)12(16)15-6-8-3-4-17-7-8/h1-5,7H,6H2,(H,15,16). The molecule has 2 aromatic rings. The molecule has 88 valence electrons. The van der Waals surface area contributed by atoms with E-state index in [1.165, 1.54) is 0 Å². The van der Waals surface area contributed by atoms with Crippen molar-refractivity contribution in [3.8, 4) is 0 Å². The number of benzene rings is 1. The number of nitrogens with one attached hydrogen (secondary N) is 1. The molecule has 1 heterocycles. The van der Waals surface area contributed by atoms with Crippen molar-refractivity contribution >= 4 is 33.4 Å². The fraction of sp³-hybridized carbons (Fsp3) is 0.0833. The second-order valence-electron chi connectivity index (χ2n) is 3.44. The van der Waals surface area contributed by atoms with Crippen molar-refractivity contribution in [1.82, 2.24) is 5.32 Å². The Labute approximate surface area is 112 Å². The summed E-state index contributed by atoms with van der Waals surface area (Å²) in [5.41, 5.74) is 1.47. The average Bonchev–Trinajstić information content (AvgIpc) is 2.78. The molecule has 0 aliphatic rings. The summed E-state index contributed by atoms with van der Waals surface area (Å²) in [5, 5.41) is 3.38. The smallest absolute Gasteiger partial charge is 0.252 e. The SMILES string of the molecule is O=C(NCc1ccoc1)c1ccc(Cl)cc1Br. The van der Waals surface area contributed by atoms with Crippen LogP contribution >= 0.6 is 27.5 Å². The molecule has 1 N–H and O–H groups in total. The summed E-state index contributed by atoms with van der Waals surface area (Å²) in [4.78, 5) is 11.9. The number of carbonyl (C=O) groups excluding carboxylic acids is 1. The van der Waals surface area contributed by atoms with E-state index in [2.05, 4.69) is 21.2 Å². The lowest BCUT2D eigenvalue weighted by atomic mass is 10.2. The predicted octanol–water partition coefficient (Wildman–Crippen LogP) is 3.63. The van der Waals surface area contributed by atoms with Gasteiger partial charge >= 0.3 is 0 Å². The molecule has 0 spiro atoms. The van der Waals surface area contributed by atoms with Crippen molar-refractivity contribution in [2.45, 2.75) is 6.54 Å². The Morgan fingerprint density at radius 2 is 2.24 bits per heavy atom. The van der Waals surface area contributed by atoms with Gasteiger partial charge in [-0.15, -0.1) is 0 Å². The number of hydrogen-bond donors (Lipinski definition) is 1. The highest BCUT2D eigenvalue weighted by Crippen LogP contribution is 2.21. The van der Waals surface area contributed by atoms with Crippen LogP contribution in [0.25, 0.3) is 0 Å². The normalized spacial score (nSPS) is 10.2. The third kappa shape index (κ3) is 3.11. The Morgan fingerprint density at radius 1 is 1.41 bits per heavy atom. The molecule has 0 saturated carbocycles. The molecule has 0 aliphatic heterocycles. The highest BCUT2D eigenvalue weighted by Gasteiger charge is 2.09. The van der Waals surface area contributed by atoms with Gasteiger partial charge in [0.2, 0.25) is 0 Å². The fourth-order valence-electron chi connectivity index (χ4n) is 1.34. The summed E-state index contributed by atoms with van der Waals surface area (Å²) in [6.45, 7) is 0.435. The van der Waals surface area contributed by atoms with E-state index in [1.807, 2.05) is 0 Å². The largest absolute Gasteiger partial charge is 0.472 e. The van der Waals surface area contributed by atoms with Crippen molar-refractivity contribution < 1.29 is 9.21 Å². The van der Waals surface area contributed by atoms with Gasteiger partial charge in [-0.1, -0.05) is 11.6 Å². The van der Waals surface area contributed by atoms with Crippen LogP contribution in [-0.2, 0) is 6.54 Å². The molecule has 5 heteroatoms. The third-order valence-corrected chi connectivity index (χ3v) is 3.10. The van der Waals surface area contributed by atoms with E-state index in [1.54, 1.807) is 36.8 Å². The predicted molar refractivity (Wildman–Crippen MR) is 69.0 cm³/mol. The highest BCUT2D eigenvalue weighted by molar-refractivity contribution is 9.10. The third-order valence-electron chi connectivity index (χ3n) is 2.21. The van der Waals surface area contributed by atoms with Crippen LogP contribution in [0.1, 0.15) is 15.9 Å². The van der Waals surface area contributed by atoms with Crippen LogP contribution in [0.3, 0.4) is 0 Å². The maximum Gasteiger partial charge on any atom is 0.252 e. The summed E-state index contributed by atoms with van der Waals surface area (Å²) >= 11 is 9.11. The van der Waals surface area contributed by atoms with Crippen LogP contribution in [0, 0.1) is 0 Å². The first kappa shape index (κ1) is 12.2. The number of furan rings is 1. The lowest BCUT2D eigenvalue weighted by molar-refractivity contribution is 0.0950. The van der Waals surface area contributed by atoms with Gasteiger partial charge in [0.05, 0.1) is 18.1 Å². The van der Waals surface area contributed by atoms with E-state index in [0.717, 1.165) is 5.56 Å². The molecule has 0 saturated heterocycles. The number of carbonyl (C=O) groups is 1. The number of hydrogen-bond acceptors (Lipinski definition) is 2. The van der Waals surface area contributed by atoms with Gasteiger partial charge in [0.1, 0.15) is 0 Å². The minimum atomic E-state index is -0.158. The molecular formula is C12H9BrClNO2. The molecule has 0 bridgehead atoms. The quantitative estimate of drug-likeness (QED) is 0.940. The molecule has 0 atom stereocenters. The van der Waals surface area contributed by atoms with E-state index in [-0.39, 0.29) is 5.91 Å². The van der Waals surface area contributed by atoms with Crippen molar-refractivity contribution in [2.24, 2.45) is 0 Å². The first-order valence-electron chi connectivity index (χ1n) is 4.91. The van der Waals surface area contributed by atoms with Crippen LogP contribution in [0.2, 0.25) is 5.02 Å². The topological polar surface area (TPSA) is 42.2 Å². The molecule has 0 unspecified atom stereocenters. The van der Waals surface area contributed by atoms with E-state index in [0.29, 0.717) is 21.6 Å². The number of rotatable bonds is 3. The van der Waals surface area contributed by atoms with E-state index < -0.39 is 0 Å². The van der Waals surface area contributed by atoms with Gasteiger partial charge in [-0.2, -0.15) is 0 Å². The van der Waals surface area contributed by atoms with E-state index in [9.17, 15) is 4.79 Å². The number of halogens is 2. The molecule has 1 amide bonds. The van der Waals surface area contributed by atoms with Gasteiger partial charge in [-0.3, -0.25) is 4.79 Å². The Kier molecular flexibility index (Phi) is 3.86. The molecule has 1 aromatic heterocycles. The van der Waals surface area contributed by atoms with Crippen molar-refractivity contribution in [2.75, 3.05) is 0 Å².